The molecule has 2 aliphatic carbocycles. The zero-order valence-corrected chi connectivity index (χ0v) is 11.6. The van der Waals surface area contributed by atoms with Gasteiger partial charge in [0, 0.05) is 13.2 Å². The molecule has 0 heterocycles. The van der Waals surface area contributed by atoms with Gasteiger partial charge in [-0.25, -0.2) is 0 Å². The molecule has 2 fully saturated rings. The summed E-state index contributed by atoms with van der Waals surface area (Å²) in [6.07, 6.45) is 13.1. The molecule has 100 valence electrons. The van der Waals surface area contributed by atoms with E-state index in [0.717, 1.165) is 11.8 Å². The van der Waals surface area contributed by atoms with E-state index in [1.165, 1.54) is 57.8 Å². The van der Waals surface area contributed by atoms with Crippen molar-refractivity contribution in [3.8, 4) is 0 Å². The molecule has 2 atom stereocenters. The van der Waals surface area contributed by atoms with Crippen molar-refractivity contribution in [1.29, 1.82) is 0 Å². The maximum atomic E-state index is 5.83. The Morgan fingerprint density at radius 3 is 2.35 bits per heavy atom. The molecule has 0 aromatic heterocycles. The fraction of sp³-hybridized carbons (Fsp3) is 1.00. The molecule has 2 unspecified atom stereocenters. The van der Waals surface area contributed by atoms with Gasteiger partial charge in [-0.1, -0.05) is 32.1 Å². The van der Waals surface area contributed by atoms with Crippen LogP contribution in [0.3, 0.4) is 0 Å². The van der Waals surface area contributed by atoms with E-state index in [2.05, 4.69) is 12.4 Å². The Balaban J connectivity index is 1.82. The molecule has 0 amide bonds. The van der Waals surface area contributed by atoms with Crippen molar-refractivity contribution in [2.45, 2.75) is 69.9 Å². The average Bonchev–Trinajstić information content (AvgIpc) is 3.19. The number of rotatable bonds is 7. The molecule has 0 radical (unpaired) electrons. The predicted octanol–water partition coefficient (Wildman–Crippen LogP) is 3.36. The minimum Gasteiger partial charge on any atom is -0.380 e. The Morgan fingerprint density at radius 1 is 1.12 bits per heavy atom. The number of methoxy groups -OCH3 is 1. The second-order valence-corrected chi connectivity index (χ2v) is 6.01. The third-order valence-corrected chi connectivity index (χ3v) is 4.74. The van der Waals surface area contributed by atoms with Gasteiger partial charge in [-0.3, -0.25) is 0 Å². The summed E-state index contributed by atoms with van der Waals surface area (Å²) in [5.41, 5.74) is 0. The highest BCUT2D eigenvalue weighted by atomic mass is 16.5. The van der Waals surface area contributed by atoms with Crippen LogP contribution in [0, 0.1) is 11.8 Å². The Morgan fingerprint density at radius 2 is 1.82 bits per heavy atom. The standard InChI is InChI=1S/C15H29NO/c1-16-14(11-10-12-8-9-12)15(17-2)13-6-4-3-5-7-13/h12-16H,3-11H2,1-2H3. The molecule has 2 rings (SSSR count). The zero-order chi connectivity index (χ0) is 12.1. The summed E-state index contributed by atoms with van der Waals surface area (Å²) in [4.78, 5) is 0. The predicted molar refractivity (Wildman–Crippen MR) is 72.2 cm³/mol. The van der Waals surface area contributed by atoms with Crippen LogP contribution in [0.2, 0.25) is 0 Å². The molecule has 0 aromatic carbocycles. The summed E-state index contributed by atoms with van der Waals surface area (Å²) in [6, 6.07) is 0.573. The van der Waals surface area contributed by atoms with Gasteiger partial charge in [-0.15, -0.1) is 0 Å². The highest BCUT2D eigenvalue weighted by Crippen LogP contribution is 2.36. The Bertz CT molecular complexity index is 209. The molecule has 17 heavy (non-hydrogen) atoms. The monoisotopic (exact) mass is 239 g/mol. The van der Waals surface area contributed by atoms with E-state index in [4.69, 9.17) is 4.74 Å². The highest BCUT2D eigenvalue weighted by molar-refractivity contribution is 4.86. The van der Waals surface area contributed by atoms with Crippen LogP contribution in [-0.2, 0) is 4.74 Å². The SMILES string of the molecule is CNC(CCC1CC1)C(OC)C1CCCCC1. The first kappa shape index (κ1) is 13.4. The number of hydrogen-bond donors (Lipinski definition) is 1. The van der Waals surface area contributed by atoms with Crippen molar-refractivity contribution in [2.24, 2.45) is 11.8 Å². The Hall–Kier alpha value is -0.0800. The molecule has 2 saturated carbocycles. The smallest absolute Gasteiger partial charge is 0.0752 e. The average molecular weight is 239 g/mol. The summed E-state index contributed by atoms with van der Waals surface area (Å²) in [5.74, 6) is 1.83. The van der Waals surface area contributed by atoms with E-state index in [0.29, 0.717) is 12.1 Å². The lowest BCUT2D eigenvalue weighted by Crippen LogP contribution is -2.44. The van der Waals surface area contributed by atoms with Crippen LogP contribution >= 0.6 is 0 Å². The van der Waals surface area contributed by atoms with Gasteiger partial charge in [0.05, 0.1) is 6.10 Å². The third kappa shape index (κ3) is 3.96. The summed E-state index contributed by atoms with van der Waals surface area (Å²) < 4.78 is 5.83. The first-order valence-corrected chi connectivity index (χ1v) is 7.55. The molecular weight excluding hydrogens is 210 g/mol. The minimum absolute atomic E-state index is 0.444. The summed E-state index contributed by atoms with van der Waals surface area (Å²) in [5, 5.41) is 3.51. The first-order chi connectivity index (χ1) is 8.35. The van der Waals surface area contributed by atoms with Crippen molar-refractivity contribution >= 4 is 0 Å². The van der Waals surface area contributed by atoms with Crippen LogP contribution in [0.1, 0.15) is 57.8 Å². The fourth-order valence-electron chi connectivity index (χ4n) is 3.44. The number of ether oxygens (including phenoxy) is 1. The second-order valence-electron chi connectivity index (χ2n) is 6.01. The quantitative estimate of drug-likeness (QED) is 0.735. The lowest BCUT2D eigenvalue weighted by molar-refractivity contribution is 0.00720. The van der Waals surface area contributed by atoms with Gasteiger partial charge >= 0.3 is 0 Å². The van der Waals surface area contributed by atoms with Gasteiger partial charge in [0.1, 0.15) is 0 Å². The third-order valence-electron chi connectivity index (χ3n) is 4.74. The Kier molecular flexibility index (Phi) is 5.30. The molecule has 2 nitrogen and oxygen atoms in total. The van der Waals surface area contributed by atoms with Crippen molar-refractivity contribution in [1.82, 2.24) is 5.32 Å². The largest absolute Gasteiger partial charge is 0.380 e. The van der Waals surface area contributed by atoms with Crippen molar-refractivity contribution in [3.63, 3.8) is 0 Å². The van der Waals surface area contributed by atoms with Crippen molar-refractivity contribution < 1.29 is 4.74 Å². The minimum atomic E-state index is 0.444. The van der Waals surface area contributed by atoms with E-state index >= 15 is 0 Å². The van der Waals surface area contributed by atoms with Crippen LogP contribution in [0.4, 0.5) is 0 Å². The molecule has 0 saturated heterocycles. The molecule has 0 aromatic rings. The maximum Gasteiger partial charge on any atom is 0.0752 e. The zero-order valence-electron chi connectivity index (χ0n) is 11.6. The second kappa shape index (κ2) is 6.75. The lowest BCUT2D eigenvalue weighted by atomic mass is 9.81. The maximum absolute atomic E-state index is 5.83. The Labute approximate surface area is 107 Å². The first-order valence-electron chi connectivity index (χ1n) is 7.55. The van der Waals surface area contributed by atoms with Gasteiger partial charge in [0.2, 0.25) is 0 Å². The fourth-order valence-corrected chi connectivity index (χ4v) is 3.44. The van der Waals surface area contributed by atoms with Gasteiger partial charge in [-0.05, 0) is 44.6 Å². The van der Waals surface area contributed by atoms with Gasteiger partial charge in [0.15, 0.2) is 0 Å². The van der Waals surface area contributed by atoms with Crippen LogP contribution in [-0.4, -0.2) is 26.3 Å². The molecule has 2 aliphatic rings. The van der Waals surface area contributed by atoms with Gasteiger partial charge in [-0.2, -0.15) is 0 Å². The molecule has 2 heteroatoms. The highest BCUT2D eigenvalue weighted by Gasteiger charge is 2.31. The molecule has 0 aliphatic heterocycles. The number of nitrogens with one attached hydrogen (secondary N) is 1. The molecule has 1 N–H and O–H groups in total. The van der Waals surface area contributed by atoms with Crippen LogP contribution in [0.5, 0.6) is 0 Å². The summed E-state index contributed by atoms with van der Waals surface area (Å²) in [6.45, 7) is 0. The van der Waals surface area contributed by atoms with Gasteiger partial charge < -0.3 is 10.1 Å². The van der Waals surface area contributed by atoms with E-state index in [1.54, 1.807) is 0 Å². The van der Waals surface area contributed by atoms with Crippen LogP contribution in [0.15, 0.2) is 0 Å². The van der Waals surface area contributed by atoms with Crippen molar-refractivity contribution in [3.05, 3.63) is 0 Å². The normalized spacial score (nSPS) is 25.8. The van der Waals surface area contributed by atoms with E-state index < -0.39 is 0 Å². The summed E-state index contributed by atoms with van der Waals surface area (Å²) >= 11 is 0. The molecule has 0 bridgehead atoms. The molecular formula is C15H29NO. The molecule has 0 spiro atoms. The topological polar surface area (TPSA) is 21.3 Å². The van der Waals surface area contributed by atoms with Crippen LogP contribution < -0.4 is 5.32 Å². The van der Waals surface area contributed by atoms with E-state index in [9.17, 15) is 0 Å². The van der Waals surface area contributed by atoms with E-state index in [-0.39, 0.29) is 0 Å². The lowest BCUT2D eigenvalue weighted by Gasteiger charge is -2.35. The van der Waals surface area contributed by atoms with Crippen molar-refractivity contribution in [2.75, 3.05) is 14.2 Å². The van der Waals surface area contributed by atoms with E-state index in [1.807, 2.05) is 7.11 Å². The number of likely N-dealkylation sites (N-methyl/N-ethyl adjacent to an activating group) is 1. The van der Waals surface area contributed by atoms with Gasteiger partial charge in [0.25, 0.3) is 0 Å². The van der Waals surface area contributed by atoms with Crippen LogP contribution in [0.25, 0.3) is 0 Å². The summed E-state index contributed by atoms with van der Waals surface area (Å²) in [7, 11) is 4.01. The number of hydrogen-bond acceptors (Lipinski definition) is 2.